The van der Waals surface area contributed by atoms with Gasteiger partial charge in [-0.1, -0.05) is 74.0 Å². The molecule has 0 fully saturated rings. The van der Waals surface area contributed by atoms with Crippen molar-refractivity contribution in [3.05, 3.63) is 98.0 Å². The molecule has 3 aromatic carbocycles. The Hall–Kier alpha value is -2.42. The smallest absolute Gasteiger partial charge is 0.0462 e. The van der Waals surface area contributed by atoms with E-state index >= 15 is 0 Å². The van der Waals surface area contributed by atoms with E-state index in [0.29, 0.717) is 10.0 Å². The predicted molar refractivity (Wildman–Crippen MR) is 133 cm³/mol. The monoisotopic (exact) mass is 438 g/mol. The fourth-order valence-electron chi connectivity index (χ4n) is 4.06. The summed E-state index contributed by atoms with van der Waals surface area (Å²) >= 11 is 13.4. The topological polar surface area (TPSA) is 52.0 Å². The Kier molecular flexibility index (Phi) is 6.80. The summed E-state index contributed by atoms with van der Waals surface area (Å²) < 4.78 is 0. The highest BCUT2D eigenvalue weighted by Crippen LogP contribution is 2.42. The van der Waals surface area contributed by atoms with Gasteiger partial charge in [0, 0.05) is 32.9 Å². The molecule has 0 heterocycles. The minimum Gasteiger partial charge on any atom is -0.398 e. The van der Waals surface area contributed by atoms with Gasteiger partial charge in [0.15, 0.2) is 0 Å². The van der Waals surface area contributed by atoms with Gasteiger partial charge in [0.2, 0.25) is 0 Å². The average molecular weight is 439 g/mol. The van der Waals surface area contributed by atoms with Crippen molar-refractivity contribution in [2.24, 2.45) is 0 Å². The molecule has 4 N–H and O–H groups in total. The number of anilines is 2. The molecule has 0 aliphatic heterocycles. The van der Waals surface area contributed by atoms with E-state index in [1.54, 1.807) is 6.08 Å². The molecule has 3 aromatic rings. The number of hydrogen-bond donors (Lipinski definition) is 2. The first-order chi connectivity index (χ1) is 14.3. The van der Waals surface area contributed by atoms with Crippen LogP contribution in [0, 0.1) is 6.92 Å². The van der Waals surface area contributed by atoms with Crippen molar-refractivity contribution in [1.29, 1.82) is 0 Å². The summed E-state index contributed by atoms with van der Waals surface area (Å²) in [6.07, 6.45) is 3.47. The number of nitrogens with two attached hydrogens (primary N) is 2. The summed E-state index contributed by atoms with van der Waals surface area (Å²) in [7, 11) is 0. The molecule has 0 amide bonds. The third-order valence-electron chi connectivity index (χ3n) is 5.75. The molecule has 0 saturated heterocycles. The molecule has 3 rings (SSSR count). The lowest BCUT2D eigenvalue weighted by Crippen LogP contribution is -2.10. The van der Waals surface area contributed by atoms with Crippen LogP contribution in [0.25, 0.3) is 6.08 Å². The molecule has 156 valence electrons. The molecule has 0 spiro atoms. The van der Waals surface area contributed by atoms with Gasteiger partial charge in [-0.15, -0.1) is 0 Å². The van der Waals surface area contributed by atoms with Crippen LogP contribution in [-0.4, -0.2) is 0 Å². The third kappa shape index (κ3) is 4.08. The zero-order valence-electron chi connectivity index (χ0n) is 17.7. The highest BCUT2D eigenvalue weighted by atomic mass is 35.5. The SMILES string of the molecule is C=Cc1cc(C(c2cc(C)c(N)c(CC)c2)c2c(Cl)cccc2Cl)cc(CC)c1N. The maximum Gasteiger partial charge on any atom is 0.0462 e. The Balaban J connectivity index is 2.39. The van der Waals surface area contributed by atoms with Crippen LogP contribution in [0.1, 0.15) is 58.7 Å². The average Bonchev–Trinajstić information content (AvgIpc) is 2.73. The molecule has 1 atom stereocenters. The van der Waals surface area contributed by atoms with Crippen molar-refractivity contribution in [1.82, 2.24) is 0 Å². The van der Waals surface area contributed by atoms with Crippen molar-refractivity contribution in [3.63, 3.8) is 0 Å². The van der Waals surface area contributed by atoms with E-state index in [1.807, 2.05) is 25.1 Å². The molecule has 0 radical (unpaired) electrons. The fraction of sp³-hybridized carbons (Fsp3) is 0.231. The summed E-state index contributed by atoms with van der Waals surface area (Å²) in [6, 6.07) is 14.2. The van der Waals surface area contributed by atoms with Crippen molar-refractivity contribution in [3.8, 4) is 0 Å². The highest BCUT2D eigenvalue weighted by Gasteiger charge is 2.25. The van der Waals surface area contributed by atoms with Crippen molar-refractivity contribution < 1.29 is 0 Å². The van der Waals surface area contributed by atoms with Gasteiger partial charge in [-0.2, -0.15) is 0 Å². The number of halogens is 2. The van der Waals surface area contributed by atoms with Crippen molar-refractivity contribution in [2.75, 3.05) is 11.5 Å². The first-order valence-corrected chi connectivity index (χ1v) is 10.9. The van der Waals surface area contributed by atoms with E-state index in [-0.39, 0.29) is 5.92 Å². The number of aryl methyl sites for hydroxylation is 3. The van der Waals surface area contributed by atoms with Crippen LogP contribution in [-0.2, 0) is 12.8 Å². The van der Waals surface area contributed by atoms with E-state index in [9.17, 15) is 0 Å². The minimum absolute atomic E-state index is 0.152. The van der Waals surface area contributed by atoms with Crippen LogP contribution < -0.4 is 11.5 Å². The molecule has 1 unspecified atom stereocenters. The Morgan fingerprint density at radius 1 is 0.900 bits per heavy atom. The van der Waals surface area contributed by atoms with Crippen molar-refractivity contribution in [2.45, 2.75) is 39.5 Å². The summed E-state index contributed by atoms with van der Waals surface area (Å²) in [5.74, 6) is -0.152. The van der Waals surface area contributed by atoms with Crippen LogP contribution in [0.4, 0.5) is 11.4 Å². The molecule has 0 aliphatic rings. The maximum absolute atomic E-state index is 6.69. The van der Waals surface area contributed by atoms with Crippen LogP contribution in [0.15, 0.2) is 49.0 Å². The zero-order valence-corrected chi connectivity index (χ0v) is 19.2. The van der Waals surface area contributed by atoms with Gasteiger partial charge in [0.1, 0.15) is 0 Å². The quantitative estimate of drug-likeness (QED) is 0.310. The van der Waals surface area contributed by atoms with Gasteiger partial charge in [0.25, 0.3) is 0 Å². The molecule has 4 heteroatoms. The Labute approximate surface area is 189 Å². The van der Waals surface area contributed by atoms with Gasteiger partial charge in [-0.3, -0.25) is 0 Å². The van der Waals surface area contributed by atoms with E-state index in [0.717, 1.165) is 63.2 Å². The summed E-state index contributed by atoms with van der Waals surface area (Å²) in [6.45, 7) is 10.2. The normalized spacial score (nSPS) is 12.0. The van der Waals surface area contributed by atoms with Gasteiger partial charge >= 0.3 is 0 Å². The molecule has 0 bridgehead atoms. The first-order valence-electron chi connectivity index (χ1n) is 10.2. The second-order valence-corrected chi connectivity index (χ2v) is 8.39. The van der Waals surface area contributed by atoms with Gasteiger partial charge in [-0.25, -0.2) is 0 Å². The lowest BCUT2D eigenvalue weighted by atomic mass is 9.81. The standard InChI is InChI=1S/C26H28Cl2N2/c1-5-16-12-19(11-15(4)25(16)29)23(24-21(27)9-8-10-22(24)28)20-13-17(6-2)26(30)18(7-3)14-20/h6,8-14,23H,2,5,7,29-30H2,1,3-4H3. The molecule has 0 saturated carbocycles. The molecular weight excluding hydrogens is 411 g/mol. The first kappa shape index (κ1) is 22.3. The van der Waals surface area contributed by atoms with Gasteiger partial charge < -0.3 is 11.5 Å². The fourth-order valence-corrected chi connectivity index (χ4v) is 4.68. The number of nitrogen functional groups attached to an aromatic ring is 2. The van der Waals surface area contributed by atoms with Crippen LogP contribution >= 0.6 is 23.2 Å². The molecule has 2 nitrogen and oxygen atoms in total. The largest absolute Gasteiger partial charge is 0.398 e. The second kappa shape index (κ2) is 9.16. The summed E-state index contributed by atoms with van der Waals surface area (Å²) in [5.41, 5.74) is 21.5. The number of hydrogen-bond acceptors (Lipinski definition) is 2. The number of rotatable bonds is 6. The second-order valence-electron chi connectivity index (χ2n) is 7.57. The summed E-state index contributed by atoms with van der Waals surface area (Å²) in [5, 5.41) is 1.27. The maximum atomic E-state index is 6.69. The van der Waals surface area contributed by atoms with E-state index in [1.165, 1.54) is 0 Å². The zero-order chi connectivity index (χ0) is 22.0. The third-order valence-corrected chi connectivity index (χ3v) is 6.41. The van der Waals surface area contributed by atoms with Gasteiger partial charge in [-0.05, 0) is 71.3 Å². The van der Waals surface area contributed by atoms with Crippen LogP contribution in [0.2, 0.25) is 10.0 Å². The highest BCUT2D eigenvalue weighted by molar-refractivity contribution is 6.36. The van der Waals surface area contributed by atoms with E-state index in [2.05, 4.69) is 44.7 Å². The van der Waals surface area contributed by atoms with Crippen LogP contribution in [0.3, 0.4) is 0 Å². The van der Waals surface area contributed by atoms with Crippen molar-refractivity contribution >= 4 is 40.7 Å². The van der Waals surface area contributed by atoms with Crippen LogP contribution in [0.5, 0.6) is 0 Å². The van der Waals surface area contributed by atoms with E-state index in [4.69, 9.17) is 34.7 Å². The molecular formula is C26H28Cl2N2. The molecule has 0 aliphatic carbocycles. The Morgan fingerprint density at radius 2 is 1.43 bits per heavy atom. The summed E-state index contributed by atoms with van der Waals surface area (Å²) in [4.78, 5) is 0. The van der Waals surface area contributed by atoms with E-state index < -0.39 is 0 Å². The lowest BCUT2D eigenvalue weighted by Gasteiger charge is -2.25. The lowest BCUT2D eigenvalue weighted by molar-refractivity contribution is 0.957. The predicted octanol–water partition coefficient (Wildman–Crippen LogP) is 7.41. The van der Waals surface area contributed by atoms with Gasteiger partial charge in [0.05, 0.1) is 0 Å². The Morgan fingerprint density at radius 3 is 1.97 bits per heavy atom. The Bertz CT molecular complexity index is 1080. The molecule has 30 heavy (non-hydrogen) atoms. The molecule has 0 aromatic heterocycles. The minimum atomic E-state index is -0.152. The number of benzene rings is 3.